The van der Waals surface area contributed by atoms with Crippen LogP contribution in [0.4, 0.5) is 0 Å². The zero-order chi connectivity index (χ0) is 10.3. The van der Waals surface area contributed by atoms with Crippen LogP contribution in [-0.4, -0.2) is 35.9 Å². The van der Waals surface area contributed by atoms with Crippen molar-refractivity contribution in [3.05, 3.63) is 0 Å². The van der Waals surface area contributed by atoms with E-state index in [1.807, 2.05) is 0 Å². The van der Waals surface area contributed by atoms with Gasteiger partial charge in [0.2, 0.25) is 0 Å². The molecule has 0 radical (unpaired) electrons. The lowest BCUT2D eigenvalue weighted by molar-refractivity contribution is 0.0433. The number of aliphatic hydroxyl groups excluding tert-OH is 1. The minimum absolute atomic E-state index is 0.0499. The topological polar surface area (TPSA) is 44.3 Å². The van der Waals surface area contributed by atoms with Gasteiger partial charge in [-0.15, -0.1) is 0 Å². The molecule has 0 spiro atoms. The monoisotopic (exact) mass is 210 g/mol. The third-order valence-corrected chi connectivity index (χ3v) is 4.53. The number of hydrogen-bond acceptors (Lipinski definition) is 3. The SMILES string of the molecule is OC1CC2CCC(N2)C1CC1CCCN1. The molecule has 86 valence electrons. The largest absolute Gasteiger partial charge is 0.393 e. The summed E-state index contributed by atoms with van der Waals surface area (Å²) in [6.45, 7) is 1.17. The van der Waals surface area contributed by atoms with E-state index in [9.17, 15) is 5.11 Å². The lowest BCUT2D eigenvalue weighted by Crippen LogP contribution is -2.49. The second kappa shape index (κ2) is 4.04. The summed E-state index contributed by atoms with van der Waals surface area (Å²) < 4.78 is 0. The average molecular weight is 210 g/mol. The Morgan fingerprint density at radius 1 is 1.20 bits per heavy atom. The number of hydrogen-bond donors (Lipinski definition) is 3. The third kappa shape index (κ3) is 1.93. The Labute approximate surface area is 91.6 Å². The summed E-state index contributed by atoms with van der Waals surface area (Å²) >= 11 is 0. The first kappa shape index (κ1) is 10.1. The van der Waals surface area contributed by atoms with Crippen molar-refractivity contribution in [2.45, 2.75) is 62.8 Å². The highest BCUT2D eigenvalue weighted by molar-refractivity contribution is 4.99. The van der Waals surface area contributed by atoms with Crippen LogP contribution in [0.1, 0.15) is 38.5 Å². The number of aliphatic hydroxyl groups is 1. The van der Waals surface area contributed by atoms with Crippen molar-refractivity contribution in [1.82, 2.24) is 10.6 Å². The molecule has 3 fully saturated rings. The summed E-state index contributed by atoms with van der Waals surface area (Å²) in [6, 6.07) is 1.88. The van der Waals surface area contributed by atoms with Gasteiger partial charge in [-0.1, -0.05) is 0 Å². The molecule has 5 atom stereocenters. The summed E-state index contributed by atoms with van der Waals surface area (Å²) in [5, 5.41) is 17.3. The van der Waals surface area contributed by atoms with Crippen LogP contribution >= 0.6 is 0 Å². The molecule has 0 saturated carbocycles. The number of nitrogens with one attached hydrogen (secondary N) is 2. The summed E-state index contributed by atoms with van der Waals surface area (Å²) in [4.78, 5) is 0. The molecule has 3 aliphatic heterocycles. The second-order valence-electron chi connectivity index (χ2n) is 5.54. The van der Waals surface area contributed by atoms with Crippen LogP contribution in [-0.2, 0) is 0 Å². The standard InChI is InChI=1S/C12H22N2O/c15-12-7-9-3-4-11(14-9)10(12)6-8-2-1-5-13-8/h8-15H,1-7H2. The van der Waals surface area contributed by atoms with Crippen molar-refractivity contribution in [3.63, 3.8) is 0 Å². The Hall–Kier alpha value is -0.120. The lowest BCUT2D eigenvalue weighted by Gasteiger charge is -2.36. The van der Waals surface area contributed by atoms with E-state index in [-0.39, 0.29) is 6.10 Å². The van der Waals surface area contributed by atoms with Crippen LogP contribution in [0, 0.1) is 5.92 Å². The molecule has 3 aliphatic rings. The molecule has 15 heavy (non-hydrogen) atoms. The molecule has 3 rings (SSSR count). The van der Waals surface area contributed by atoms with E-state index in [0.717, 1.165) is 6.42 Å². The Morgan fingerprint density at radius 2 is 2.13 bits per heavy atom. The van der Waals surface area contributed by atoms with Crippen LogP contribution in [0.2, 0.25) is 0 Å². The van der Waals surface area contributed by atoms with Gasteiger partial charge in [0.25, 0.3) is 0 Å². The summed E-state index contributed by atoms with van der Waals surface area (Å²) in [5.74, 6) is 0.499. The van der Waals surface area contributed by atoms with E-state index in [2.05, 4.69) is 10.6 Å². The quantitative estimate of drug-likeness (QED) is 0.626. The molecule has 0 amide bonds. The first-order valence-corrected chi connectivity index (χ1v) is 6.50. The molecule has 5 unspecified atom stereocenters. The first-order chi connectivity index (χ1) is 7.33. The summed E-state index contributed by atoms with van der Waals surface area (Å²) in [7, 11) is 0. The predicted octanol–water partition coefficient (Wildman–Crippen LogP) is 0.630. The Bertz CT molecular complexity index is 228. The average Bonchev–Trinajstić information content (AvgIpc) is 2.82. The van der Waals surface area contributed by atoms with E-state index < -0.39 is 0 Å². The molecular weight excluding hydrogens is 188 g/mol. The number of rotatable bonds is 2. The maximum absolute atomic E-state index is 10.1. The van der Waals surface area contributed by atoms with Gasteiger partial charge in [0.05, 0.1) is 6.10 Å². The number of piperidine rings is 1. The molecule has 3 saturated heterocycles. The Kier molecular flexibility index (Phi) is 2.71. The van der Waals surface area contributed by atoms with Crippen molar-refractivity contribution in [2.24, 2.45) is 5.92 Å². The third-order valence-electron chi connectivity index (χ3n) is 4.53. The molecule has 0 aromatic heterocycles. The van der Waals surface area contributed by atoms with Gasteiger partial charge in [0.1, 0.15) is 0 Å². The highest BCUT2D eigenvalue weighted by Gasteiger charge is 2.41. The minimum atomic E-state index is -0.0499. The van der Waals surface area contributed by atoms with E-state index >= 15 is 0 Å². The fourth-order valence-corrected chi connectivity index (χ4v) is 3.72. The molecule has 3 N–H and O–H groups in total. The zero-order valence-electron chi connectivity index (χ0n) is 9.28. The van der Waals surface area contributed by atoms with Gasteiger partial charge in [-0.2, -0.15) is 0 Å². The molecule has 2 bridgehead atoms. The van der Waals surface area contributed by atoms with Crippen LogP contribution in [0.3, 0.4) is 0 Å². The maximum atomic E-state index is 10.1. The molecular formula is C12H22N2O. The van der Waals surface area contributed by atoms with Crippen LogP contribution in [0.25, 0.3) is 0 Å². The normalized spacial score (nSPS) is 49.8. The van der Waals surface area contributed by atoms with Gasteiger partial charge < -0.3 is 15.7 Å². The van der Waals surface area contributed by atoms with Crippen LogP contribution in [0.15, 0.2) is 0 Å². The fraction of sp³-hybridized carbons (Fsp3) is 1.00. The molecule has 3 heteroatoms. The smallest absolute Gasteiger partial charge is 0.0598 e. The lowest BCUT2D eigenvalue weighted by atomic mass is 9.84. The highest BCUT2D eigenvalue weighted by Crippen LogP contribution is 2.35. The Balaban J connectivity index is 1.62. The van der Waals surface area contributed by atoms with Gasteiger partial charge in [-0.25, -0.2) is 0 Å². The first-order valence-electron chi connectivity index (χ1n) is 6.50. The molecule has 3 heterocycles. The fourth-order valence-electron chi connectivity index (χ4n) is 3.72. The van der Waals surface area contributed by atoms with Crippen molar-refractivity contribution in [1.29, 1.82) is 0 Å². The van der Waals surface area contributed by atoms with Crippen LogP contribution < -0.4 is 10.6 Å². The van der Waals surface area contributed by atoms with E-state index in [1.165, 1.54) is 38.6 Å². The van der Waals surface area contributed by atoms with E-state index in [4.69, 9.17) is 0 Å². The zero-order valence-corrected chi connectivity index (χ0v) is 9.28. The summed E-state index contributed by atoms with van der Waals surface area (Å²) in [6.07, 6.45) is 7.27. The molecule has 0 aromatic carbocycles. The van der Waals surface area contributed by atoms with Crippen molar-refractivity contribution >= 4 is 0 Å². The second-order valence-corrected chi connectivity index (χ2v) is 5.54. The predicted molar refractivity (Wildman–Crippen MR) is 59.7 cm³/mol. The van der Waals surface area contributed by atoms with Gasteiger partial charge in [0, 0.05) is 24.0 Å². The molecule has 0 aliphatic carbocycles. The highest BCUT2D eigenvalue weighted by atomic mass is 16.3. The van der Waals surface area contributed by atoms with Gasteiger partial charge >= 0.3 is 0 Å². The van der Waals surface area contributed by atoms with Gasteiger partial charge in [0.15, 0.2) is 0 Å². The van der Waals surface area contributed by atoms with Gasteiger partial charge in [-0.3, -0.25) is 0 Å². The van der Waals surface area contributed by atoms with E-state index in [1.54, 1.807) is 0 Å². The minimum Gasteiger partial charge on any atom is -0.393 e. The Morgan fingerprint density at radius 3 is 2.93 bits per heavy atom. The maximum Gasteiger partial charge on any atom is 0.0598 e. The van der Waals surface area contributed by atoms with E-state index in [0.29, 0.717) is 24.0 Å². The van der Waals surface area contributed by atoms with Crippen LogP contribution in [0.5, 0.6) is 0 Å². The van der Waals surface area contributed by atoms with Gasteiger partial charge in [-0.05, 0) is 45.1 Å². The van der Waals surface area contributed by atoms with Crippen molar-refractivity contribution < 1.29 is 5.11 Å². The molecule has 0 aromatic rings. The van der Waals surface area contributed by atoms with Crippen molar-refractivity contribution in [2.75, 3.05) is 6.54 Å². The summed E-state index contributed by atoms with van der Waals surface area (Å²) in [5.41, 5.74) is 0. The molecule has 3 nitrogen and oxygen atoms in total. The van der Waals surface area contributed by atoms with Crippen molar-refractivity contribution in [3.8, 4) is 0 Å². The number of fused-ring (bicyclic) bond motifs is 2.